The van der Waals surface area contributed by atoms with E-state index in [1.54, 1.807) is 11.5 Å². The van der Waals surface area contributed by atoms with Crippen LogP contribution in [0.1, 0.15) is 5.69 Å². The summed E-state index contributed by atoms with van der Waals surface area (Å²) in [5.74, 6) is 0. The lowest BCUT2D eigenvalue weighted by Crippen LogP contribution is -3.06. The van der Waals surface area contributed by atoms with Gasteiger partial charge in [0.2, 0.25) is 0 Å². The number of hydrogen-bond donors (Lipinski definition) is 1. The lowest BCUT2D eigenvalue weighted by atomic mass is 10.4. The van der Waals surface area contributed by atoms with Gasteiger partial charge in [-0.3, -0.25) is 13.9 Å². The standard InChI is InChI=1S/C10H17N3O2/c1-8-7-9(14)12(4)10(15)13(8)6-5-11(2)3/h7H,5-6H2,1-4H3/p+1. The number of quaternary nitrogens is 1. The summed E-state index contributed by atoms with van der Waals surface area (Å²) < 4.78 is 2.77. The number of aromatic nitrogens is 2. The third kappa shape index (κ3) is 2.56. The van der Waals surface area contributed by atoms with Crippen LogP contribution in [-0.2, 0) is 13.6 Å². The molecule has 0 unspecified atom stereocenters. The lowest BCUT2D eigenvalue weighted by Gasteiger charge is -2.12. The zero-order chi connectivity index (χ0) is 11.6. The Bertz CT molecular complexity index is 457. The molecule has 0 saturated carbocycles. The maximum Gasteiger partial charge on any atom is 0.331 e. The molecule has 0 amide bonds. The second kappa shape index (κ2) is 4.44. The molecular formula is C10H18N3O2+. The fourth-order valence-corrected chi connectivity index (χ4v) is 1.39. The van der Waals surface area contributed by atoms with Crippen molar-refractivity contribution in [1.82, 2.24) is 9.13 Å². The maximum atomic E-state index is 11.7. The first-order chi connectivity index (χ1) is 6.93. The SMILES string of the molecule is Cc1cc(=O)n(C)c(=O)n1CC[NH+](C)C. The Morgan fingerprint density at radius 1 is 1.33 bits per heavy atom. The van der Waals surface area contributed by atoms with Gasteiger partial charge in [-0.25, -0.2) is 4.79 Å². The maximum absolute atomic E-state index is 11.7. The van der Waals surface area contributed by atoms with Crippen LogP contribution in [0.4, 0.5) is 0 Å². The normalized spacial score (nSPS) is 11.0. The van der Waals surface area contributed by atoms with Crippen LogP contribution in [0.15, 0.2) is 15.7 Å². The number of aryl methyl sites for hydroxylation is 1. The number of hydrogen-bond acceptors (Lipinski definition) is 2. The minimum atomic E-state index is -0.244. The quantitative estimate of drug-likeness (QED) is 0.630. The molecule has 1 aromatic rings. The van der Waals surface area contributed by atoms with Gasteiger partial charge in [0.05, 0.1) is 27.2 Å². The molecule has 15 heavy (non-hydrogen) atoms. The van der Waals surface area contributed by atoms with E-state index >= 15 is 0 Å². The van der Waals surface area contributed by atoms with Crippen LogP contribution in [0.2, 0.25) is 0 Å². The molecule has 5 nitrogen and oxygen atoms in total. The molecule has 5 heteroatoms. The molecule has 0 atom stereocenters. The smallest absolute Gasteiger partial charge is 0.331 e. The van der Waals surface area contributed by atoms with Crippen LogP contribution in [0.3, 0.4) is 0 Å². The molecule has 0 spiro atoms. The highest BCUT2D eigenvalue weighted by Gasteiger charge is 2.06. The zero-order valence-corrected chi connectivity index (χ0v) is 9.70. The van der Waals surface area contributed by atoms with Gasteiger partial charge in [0.25, 0.3) is 5.56 Å². The summed E-state index contributed by atoms with van der Waals surface area (Å²) in [6.45, 7) is 3.29. The van der Waals surface area contributed by atoms with Crippen LogP contribution < -0.4 is 16.1 Å². The van der Waals surface area contributed by atoms with E-state index in [1.807, 2.05) is 14.1 Å². The second-order valence-electron chi connectivity index (χ2n) is 4.07. The van der Waals surface area contributed by atoms with Crippen molar-refractivity contribution in [3.63, 3.8) is 0 Å². The Hall–Kier alpha value is -1.36. The molecule has 0 aliphatic rings. The monoisotopic (exact) mass is 212 g/mol. The van der Waals surface area contributed by atoms with E-state index in [9.17, 15) is 9.59 Å². The summed E-state index contributed by atoms with van der Waals surface area (Å²) in [6.07, 6.45) is 0. The van der Waals surface area contributed by atoms with Gasteiger partial charge in [0.1, 0.15) is 0 Å². The van der Waals surface area contributed by atoms with E-state index in [0.717, 1.165) is 16.8 Å². The highest BCUT2D eigenvalue weighted by molar-refractivity contribution is 4.99. The van der Waals surface area contributed by atoms with Crippen molar-refractivity contribution in [2.24, 2.45) is 7.05 Å². The average Bonchev–Trinajstić information content (AvgIpc) is 2.14. The first-order valence-corrected chi connectivity index (χ1v) is 5.00. The summed E-state index contributed by atoms with van der Waals surface area (Å²) in [5, 5.41) is 0. The van der Waals surface area contributed by atoms with E-state index in [2.05, 4.69) is 0 Å². The van der Waals surface area contributed by atoms with E-state index in [0.29, 0.717) is 6.54 Å². The van der Waals surface area contributed by atoms with Gasteiger partial charge in [-0.15, -0.1) is 0 Å². The molecule has 0 aromatic carbocycles. The Kier molecular flexibility index (Phi) is 3.47. The minimum Gasteiger partial charge on any atom is -0.338 e. The van der Waals surface area contributed by atoms with Gasteiger partial charge in [0, 0.05) is 18.8 Å². The first-order valence-electron chi connectivity index (χ1n) is 5.00. The van der Waals surface area contributed by atoms with Gasteiger partial charge in [-0.2, -0.15) is 0 Å². The van der Waals surface area contributed by atoms with Crippen LogP contribution in [-0.4, -0.2) is 29.8 Å². The first kappa shape index (κ1) is 11.7. The molecule has 1 N–H and O–H groups in total. The van der Waals surface area contributed by atoms with E-state index in [-0.39, 0.29) is 11.2 Å². The van der Waals surface area contributed by atoms with Gasteiger partial charge < -0.3 is 4.90 Å². The number of nitrogens with zero attached hydrogens (tertiary/aromatic N) is 2. The minimum absolute atomic E-state index is 0.235. The predicted molar refractivity (Wildman–Crippen MR) is 58.4 cm³/mol. The van der Waals surface area contributed by atoms with Crippen molar-refractivity contribution in [3.8, 4) is 0 Å². The molecule has 0 saturated heterocycles. The number of likely N-dealkylation sites (N-methyl/N-ethyl adjacent to an activating group) is 1. The second-order valence-corrected chi connectivity index (χ2v) is 4.07. The summed E-state index contributed by atoms with van der Waals surface area (Å²) >= 11 is 0. The van der Waals surface area contributed by atoms with E-state index in [4.69, 9.17) is 0 Å². The third-order valence-electron chi connectivity index (χ3n) is 2.44. The fraction of sp³-hybridized carbons (Fsp3) is 0.600. The molecule has 0 fully saturated rings. The third-order valence-corrected chi connectivity index (χ3v) is 2.44. The van der Waals surface area contributed by atoms with Gasteiger partial charge in [-0.05, 0) is 6.92 Å². The van der Waals surface area contributed by atoms with Crippen LogP contribution in [0.5, 0.6) is 0 Å². The van der Waals surface area contributed by atoms with Crippen LogP contribution in [0.25, 0.3) is 0 Å². The van der Waals surface area contributed by atoms with E-state index in [1.165, 1.54) is 18.0 Å². The van der Waals surface area contributed by atoms with Crippen molar-refractivity contribution < 1.29 is 4.90 Å². The highest BCUT2D eigenvalue weighted by atomic mass is 16.2. The molecule has 0 aliphatic heterocycles. The van der Waals surface area contributed by atoms with Crippen molar-refractivity contribution in [2.45, 2.75) is 13.5 Å². The fourth-order valence-electron chi connectivity index (χ4n) is 1.39. The summed E-state index contributed by atoms with van der Waals surface area (Å²) in [4.78, 5) is 24.3. The van der Waals surface area contributed by atoms with Crippen LogP contribution in [0, 0.1) is 6.92 Å². The molecule has 0 bridgehead atoms. The van der Waals surface area contributed by atoms with Crippen molar-refractivity contribution in [2.75, 3.05) is 20.6 Å². The lowest BCUT2D eigenvalue weighted by molar-refractivity contribution is -0.859. The Labute approximate surface area is 88.6 Å². The Balaban J connectivity index is 3.13. The van der Waals surface area contributed by atoms with E-state index < -0.39 is 0 Å². The molecule has 1 aromatic heterocycles. The van der Waals surface area contributed by atoms with Gasteiger partial charge in [-0.1, -0.05) is 0 Å². The molecule has 1 heterocycles. The van der Waals surface area contributed by atoms with Crippen molar-refractivity contribution >= 4 is 0 Å². The molecule has 0 aliphatic carbocycles. The molecular weight excluding hydrogens is 194 g/mol. The predicted octanol–water partition coefficient (Wildman–Crippen LogP) is -2.00. The summed E-state index contributed by atoms with van der Waals surface area (Å²) in [7, 11) is 5.56. The largest absolute Gasteiger partial charge is 0.338 e. The highest BCUT2D eigenvalue weighted by Crippen LogP contribution is 1.87. The molecule has 1 rings (SSSR count). The summed E-state index contributed by atoms with van der Waals surface area (Å²) in [5.41, 5.74) is 0.247. The average molecular weight is 212 g/mol. The van der Waals surface area contributed by atoms with Gasteiger partial charge in [0.15, 0.2) is 0 Å². The Morgan fingerprint density at radius 2 is 1.93 bits per heavy atom. The van der Waals surface area contributed by atoms with Crippen molar-refractivity contribution in [1.29, 1.82) is 0 Å². The van der Waals surface area contributed by atoms with Crippen molar-refractivity contribution in [3.05, 3.63) is 32.6 Å². The number of nitrogens with one attached hydrogen (secondary N) is 1. The Morgan fingerprint density at radius 3 is 2.47 bits per heavy atom. The number of rotatable bonds is 3. The van der Waals surface area contributed by atoms with Crippen LogP contribution >= 0.6 is 0 Å². The zero-order valence-electron chi connectivity index (χ0n) is 9.70. The molecule has 0 radical (unpaired) electrons. The molecule has 84 valence electrons. The summed E-state index contributed by atoms with van der Waals surface area (Å²) in [6, 6.07) is 1.49. The topological polar surface area (TPSA) is 48.4 Å². The van der Waals surface area contributed by atoms with Gasteiger partial charge >= 0.3 is 5.69 Å².